The van der Waals surface area contributed by atoms with Crippen LogP contribution < -0.4 is 10.1 Å². The molecule has 0 saturated heterocycles. The van der Waals surface area contributed by atoms with Crippen LogP contribution in [0.3, 0.4) is 0 Å². The third-order valence-electron chi connectivity index (χ3n) is 3.51. The van der Waals surface area contributed by atoms with Crippen molar-refractivity contribution in [1.29, 1.82) is 0 Å². The number of aliphatic hydroxyl groups is 3. The Morgan fingerprint density at radius 1 is 1.33 bits per heavy atom. The Balaban J connectivity index is 2.03. The van der Waals surface area contributed by atoms with Gasteiger partial charge in [0.25, 0.3) is 0 Å². The number of nitrogens with one attached hydrogen (secondary N) is 2. The third kappa shape index (κ3) is 4.03. The van der Waals surface area contributed by atoms with Gasteiger partial charge in [-0.2, -0.15) is 8.78 Å². The number of halogens is 2. The lowest BCUT2D eigenvalue weighted by molar-refractivity contribution is -0.434. The smallest absolute Gasteiger partial charge is 0.349 e. The molecule has 0 aliphatic rings. The Morgan fingerprint density at radius 2 is 2.04 bits per heavy atom. The minimum absolute atomic E-state index is 0.0490. The van der Waals surface area contributed by atoms with E-state index < -0.39 is 18.2 Å². The highest BCUT2D eigenvalue weighted by atomic mass is 19.3. The zero-order valence-corrected chi connectivity index (χ0v) is 12.8. The number of aromatic nitrogens is 1. The Bertz CT molecular complexity index is 693. The van der Waals surface area contributed by atoms with Crippen molar-refractivity contribution in [1.82, 2.24) is 10.3 Å². The number of fused-ring (bicyclic) bond motifs is 1. The molecule has 0 saturated carbocycles. The zero-order valence-electron chi connectivity index (χ0n) is 12.8. The minimum Gasteiger partial charge on any atom is -0.497 e. The molecule has 1 unspecified atom stereocenters. The molecule has 0 fully saturated rings. The van der Waals surface area contributed by atoms with E-state index in [0.29, 0.717) is 12.2 Å². The van der Waals surface area contributed by atoms with Crippen LogP contribution in [0.25, 0.3) is 10.9 Å². The number of rotatable bonds is 8. The second kappa shape index (κ2) is 7.03. The van der Waals surface area contributed by atoms with Gasteiger partial charge in [0.1, 0.15) is 19.2 Å². The average molecular weight is 342 g/mol. The molecule has 0 bridgehead atoms. The van der Waals surface area contributed by atoms with Crippen molar-refractivity contribution in [2.45, 2.75) is 24.6 Å². The van der Waals surface area contributed by atoms with Gasteiger partial charge in [-0.1, -0.05) is 0 Å². The van der Waals surface area contributed by atoms with Crippen LogP contribution in [0.1, 0.15) is 5.56 Å². The second-order valence-corrected chi connectivity index (χ2v) is 5.16. The molecule has 5 N–H and O–H groups in total. The predicted octanol–water partition coefficient (Wildman–Crippen LogP) is 0.000800. The maximum absolute atomic E-state index is 12.1. The molecular formula is C14H17BF2N2O5. The van der Waals surface area contributed by atoms with Crippen molar-refractivity contribution in [2.24, 2.45) is 0 Å². The van der Waals surface area contributed by atoms with E-state index in [1.165, 1.54) is 7.11 Å². The Kier molecular flexibility index (Phi) is 5.46. The average Bonchev–Trinajstić information content (AvgIpc) is 2.88. The third-order valence-corrected chi connectivity index (χ3v) is 3.51. The number of alkyl halides is 2. The van der Waals surface area contributed by atoms with E-state index in [4.69, 9.17) is 12.6 Å². The summed E-state index contributed by atoms with van der Waals surface area (Å²) in [6.45, 7) is -3.58. The summed E-state index contributed by atoms with van der Waals surface area (Å²) in [5.41, 5.74) is -1.32. The summed E-state index contributed by atoms with van der Waals surface area (Å²) in [5, 5.41) is 31.3. The highest BCUT2D eigenvalue weighted by molar-refractivity contribution is 6.14. The Hall–Kier alpha value is -1.72. The number of hydrogen-bond acceptors (Lipinski definition) is 6. The van der Waals surface area contributed by atoms with E-state index in [-0.39, 0.29) is 6.54 Å². The lowest BCUT2D eigenvalue weighted by Gasteiger charge is -2.36. The molecule has 0 aliphatic heterocycles. The molecule has 0 spiro atoms. The topological polar surface area (TPSA) is 107 Å². The predicted molar refractivity (Wildman–Crippen MR) is 81.5 cm³/mol. The van der Waals surface area contributed by atoms with Crippen LogP contribution in [-0.4, -0.2) is 60.0 Å². The van der Waals surface area contributed by atoms with Crippen molar-refractivity contribution in [3.63, 3.8) is 0 Å². The lowest BCUT2D eigenvalue weighted by Crippen LogP contribution is -2.66. The van der Waals surface area contributed by atoms with Crippen LogP contribution in [0.5, 0.6) is 5.75 Å². The summed E-state index contributed by atoms with van der Waals surface area (Å²) in [6, 6.07) is 5.42. The van der Waals surface area contributed by atoms with Gasteiger partial charge < -0.3 is 25.0 Å². The maximum atomic E-state index is 12.1. The van der Waals surface area contributed by atoms with Crippen molar-refractivity contribution in [2.75, 3.05) is 13.7 Å². The molecule has 1 atom stereocenters. The van der Waals surface area contributed by atoms with E-state index in [1.54, 1.807) is 18.3 Å². The summed E-state index contributed by atoms with van der Waals surface area (Å²) in [5.74, 6) is -3.01. The quantitative estimate of drug-likeness (QED) is 0.342. The van der Waals surface area contributed by atoms with E-state index in [9.17, 15) is 24.1 Å². The van der Waals surface area contributed by atoms with Crippen LogP contribution in [0.15, 0.2) is 24.4 Å². The first-order valence-electron chi connectivity index (χ1n) is 6.97. The molecule has 130 valence electrons. The molecule has 1 aromatic carbocycles. The number of ether oxygens (including phenoxy) is 2. The van der Waals surface area contributed by atoms with E-state index in [0.717, 1.165) is 16.5 Å². The van der Waals surface area contributed by atoms with E-state index in [2.05, 4.69) is 15.0 Å². The van der Waals surface area contributed by atoms with Crippen molar-refractivity contribution < 1.29 is 33.6 Å². The van der Waals surface area contributed by atoms with Gasteiger partial charge in [-0.25, -0.2) is 0 Å². The molecule has 1 heterocycles. The van der Waals surface area contributed by atoms with Gasteiger partial charge >= 0.3 is 12.6 Å². The molecular weight excluding hydrogens is 325 g/mol. The number of benzene rings is 1. The molecule has 0 aliphatic carbocycles. The number of methoxy groups -OCH3 is 1. The summed E-state index contributed by atoms with van der Waals surface area (Å²) >= 11 is 0. The largest absolute Gasteiger partial charge is 0.497 e. The number of H-pyrrole nitrogens is 1. The van der Waals surface area contributed by atoms with Crippen LogP contribution in [-0.2, 0) is 11.2 Å². The van der Waals surface area contributed by atoms with Crippen molar-refractivity contribution >= 4 is 18.7 Å². The van der Waals surface area contributed by atoms with Crippen LogP contribution in [0.2, 0.25) is 0 Å². The van der Waals surface area contributed by atoms with Gasteiger partial charge in [0, 0.05) is 23.6 Å². The summed E-state index contributed by atoms with van der Waals surface area (Å²) in [6.07, 6.45) is 2.03. The van der Waals surface area contributed by atoms with Crippen molar-refractivity contribution in [3.8, 4) is 5.75 Å². The summed E-state index contributed by atoms with van der Waals surface area (Å²) in [7, 11) is 6.74. The van der Waals surface area contributed by atoms with Crippen LogP contribution in [0.4, 0.5) is 8.78 Å². The van der Waals surface area contributed by atoms with Gasteiger partial charge in [0.2, 0.25) is 0 Å². The molecule has 2 rings (SSSR count). The fraction of sp³-hybridized carbons (Fsp3) is 0.429. The molecule has 2 radical (unpaired) electrons. The first-order valence-corrected chi connectivity index (χ1v) is 6.97. The Morgan fingerprint density at radius 3 is 2.67 bits per heavy atom. The van der Waals surface area contributed by atoms with Gasteiger partial charge in [-0.3, -0.25) is 10.1 Å². The fourth-order valence-corrected chi connectivity index (χ4v) is 2.21. The van der Waals surface area contributed by atoms with Crippen LogP contribution >= 0.6 is 0 Å². The molecule has 10 heteroatoms. The number of hydrogen-bond donors (Lipinski definition) is 5. The minimum atomic E-state index is -3.66. The molecule has 24 heavy (non-hydrogen) atoms. The molecule has 1 aromatic heterocycles. The molecule has 2 aromatic rings. The maximum Gasteiger partial charge on any atom is 0.349 e. The van der Waals surface area contributed by atoms with E-state index in [1.807, 2.05) is 6.07 Å². The van der Waals surface area contributed by atoms with Gasteiger partial charge in [-0.15, -0.1) is 0 Å². The second-order valence-electron chi connectivity index (χ2n) is 5.16. The monoisotopic (exact) mass is 342 g/mol. The standard InChI is InChI=1S/C14H17BF2N2O5/c1-23-9-2-3-11-10(6-9)8(7-18-11)4-5-19-13(15,20)14(21,22)24-12(16)17/h2-3,6-7,12,18-22H,4-5H2,1H3. The Labute approximate surface area is 137 Å². The summed E-state index contributed by atoms with van der Waals surface area (Å²) in [4.78, 5) is 3.04. The zero-order chi connectivity index (χ0) is 18.0. The van der Waals surface area contributed by atoms with Crippen LogP contribution in [0, 0.1) is 0 Å². The lowest BCUT2D eigenvalue weighted by atomic mass is 9.88. The number of aromatic amines is 1. The van der Waals surface area contributed by atoms with Gasteiger partial charge in [-0.05, 0) is 30.2 Å². The fourth-order valence-electron chi connectivity index (χ4n) is 2.21. The summed E-state index contributed by atoms with van der Waals surface area (Å²) < 4.78 is 32.9. The van der Waals surface area contributed by atoms with Crippen molar-refractivity contribution in [3.05, 3.63) is 30.0 Å². The highest BCUT2D eigenvalue weighted by Crippen LogP contribution is 2.24. The SMILES string of the molecule is [B]C(O)(NCCc1c[nH]c2ccc(OC)cc12)C(O)(O)OC(F)F. The van der Waals surface area contributed by atoms with Gasteiger partial charge in [0.15, 0.2) is 0 Å². The first kappa shape index (κ1) is 18.6. The molecule has 7 nitrogen and oxygen atoms in total. The van der Waals surface area contributed by atoms with Gasteiger partial charge in [0.05, 0.1) is 7.11 Å². The highest BCUT2D eigenvalue weighted by Gasteiger charge is 2.47. The first-order chi connectivity index (χ1) is 11.2. The van der Waals surface area contributed by atoms with E-state index >= 15 is 0 Å². The molecule has 0 amide bonds. The normalized spacial score (nSPS) is 15.0.